The summed E-state index contributed by atoms with van der Waals surface area (Å²) >= 11 is 1.13. The van der Waals surface area contributed by atoms with Crippen molar-refractivity contribution < 1.29 is 14.4 Å². The predicted octanol–water partition coefficient (Wildman–Crippen LogP) is 1.59. The van der Waals surface area contributed by atoms with Crippen LogP contribution < -0.4 is 10.6 Å². The molecule has 1 aromatic carbocycles. The van der Waals surface area contributed by atoms with Crippen molar-refractivity contribution in [2.45, 2.75) is 20.0 Å². The molecule has 0 aliphatic heterocycles. The average molecular weight is 330 g/mol. The minimum Gasteiger partial charge on any atom is -0.462 e. The summed E-state index contributed by atoms with van der Waals surface area (Å²) in [5, 5.41) is 9.72. The van der Waals surface area contributed by atoms with E-state index < -0.39 is 5.97 Å². The van der Waals surface area contributed by atoms with Crippen LogP contribution in [0.25, 0.3) is 0 Å². The first-order valence-corrected chi connectivity index (χ1v) is 8.22. The van der Waals surface area contributed by atoms with Gasteiger partial charge in [-0.2, -0.15) is 5.26 Å². The normalized spacial score (nSPS) is 11.7. The van der Waals surface area contributed by atoms with Gasteiger partial charge in [0.15, 0.2) is 0 Å². The topological polar surface area (TPSA) is 80.5 Å². The highest BCUT2D eigenvalue weighted by Crippen LogP contribution is 2.30. The molecule has 6 heteroatoms. The van der Waals surface area contributed by atoms with Crippen molar-refractivity contribution >= 4 is 22.3 Å². The first kappa shape index (κ1) is 17.0. The minimum absolute atomic E-state index is 0.296. The number of quaternary nitrogens is 1. The molecule has 5 nitrogen and oxygen atoms in total. The van der Waals surface area contributed by atoms with Crippen LogP contribution in [0.15, 0.2) is 30.3 Å². The van der Waals surface area contributed by atoms with E-state index in [0.29, 0.717) is 34.2 Å². The second-order valence-corrected chi connectivity index (χ2v) is 6.33. The maximum Gasteiger partial charge on any atom is 0.348 e. The summed E-state index contributed by atoms with van der Waals surface area (Å²) in [4.78, 5) is 13.7. The third-order valence-corrected chi connectivity index (χ3v) is 4.48. The van der Waals surface area contributed by atoms with Crippen molar-refractivity contribution in [1.82, 2.24) is 0 Å². The molecule has 2 aromatic rings. The molecule has 0 radical (unpaired) electrons. The molecular weight excluding hydrogens is 310 g/mol. The number of esters is 1. The minimum atomic E-state index is -0.409. The second-order valence-electron chi connectivity index (χ2n) is 5.28. The fourth-order valence-electron chi connectivity index (χ4n) is 2.45. The maximum atomic E-state index is 12.1. The number of carbonyl (C=O) groups is 1. The lowest BCUT2D eigenvalue weighted by molar-refractivity contribution is -0.907. The van der Waals surface area contributed by atoms with Gasteiger partial charge in [0.25, 0.3) is 0 Å². The Hall–Kier alpha value is -2.36. The summed E-state index contributed by atoms with van der Waals surface area (Å²) in [7, 11) is 2.02. The molecule has 0 aliphatic rings. The van der Waals surface area contributed by atoms with Crippen LogP contribution in [0.2, 0.25) is 0 Å². The van der Waals surface area contributed by atoms with Crippen molar-refractivity contribution in [1.29, 1.82) is 5.26 Å². The molecule has 0 bridgehead atoms. The zero-order valence-electron chi connectivity index (χ0n) is 13.3. The van der Waals surface area contributed by atoms with Crippen LogP contribution in [-0.2, 0) is 17.8 Å². The number of nitrogens with two attached hydrogens (primary N) is 1. The zero-order valence-corrected chi connectivity index (χ0v) is 14.1. The van der Waals surface area contributed by atoms with Crippen LogP contribution in [0.4, 0.5) is 5.00 Å². The van der Waals surface area contributed by atoms with Crippen LogP contribution in [-0.4, -0.2) is 19.6 Å². The molecule has 0 amide bonds. The Morgan fingerprint density at radius 1 is 1.35 bits per heavy atom. The van der Waals surface area contributed by atoms with E-state index in [0.717, 1.165) is 22.8 Å². The summed E-state index contributed by atoms with van der Waals surface area (Å²) in [6.07, 6.45) is 0. The van der Waals surface area contributed by atoms with Gasteiger partial charge in [0.05, 0.1) is 24.8 Å². The molecule has 1 heterocycles. The Morgan fingerprint density at radius 2 is 2.04 bits per heavy atom. The first-order valence-electron chi connectivity index (χ1n) is 7.40. The zero-order chi connectivity index (χ0) is 16.8. The molecular formula is C17H20N3O2S+. The Labute approximate surface area is 139 Å². The number of nitrogen functional groups attached to an aromatic ring is 1. The Bertz CT molecular complexity index is 719. The number of thiophene rings is 1. The van der Waals surface area contributed by atoms with E-state index >= 15 is 0 Å². The standard InChI is InChI=1S/C17H19N3O2S/c1-3-22-17(21)15-14(13(9-18)16(19)23-15)11-20(2)10-12-7-5-4-6-8-12/h4-8H,3,10-11,19H2,1-2H3/p+1. The van der Waals surface area contributed by atoms with E-state index in [2.05, 4.69) is 18.2 Å². The Morgan fingerprint density at radius 3 is 2.65 bits per heavy atom. The number of nitrogens with one attached hydrogen (secondary N) is 1. The van der Waals surface area contributed by atoms with E-state index in [1.165, 1.54) is 5.56 Å². The van der Waals surface area contributed by atoms with Gasteiger partial charge in [-0.1, -0.05) is 30.3 Å². The largest absolute Gasteiger partial charge is 0.462 e. The number of anilines is 1. The van der Waals surface area contributed by atoms with Crippen LogP contribution in [0.1, 0.15) is 33.3 Å². The second kappa shape index (κ2) is 7.77. The fraction of sp³-hybridized carbons (Fsp3) is 0.294. The van der Waals surface area contributed by atoms with E-state index in [-0.39, 0.29) is 0 Å². The van der Waals surface area contributed by atoms with Crippen LogP contribution in [0, 0.1) is 11.3 Å². The van der Waals surface area contributed by atoms with Gasteiger partial charge in [-0.05, 0) is 6.92 Å². The highest BCUT2D eigenvalue weighted by Gasteiger charge is 2.25. The Balaban J connectivity index is 2.23. The molecule has 0 fully saturated rings. The molecule has 1 atom stereocenters. The molecule has 1 unspecified atom stereocenters. The molecule has 120 valence electrons. The van der Waals surface area contributed by atoms with E-state index in [4.69, 9.17) is 10.5 Å². The van der Waals surface area contributed by atoms with Gasteiger partial charge in [-0.15, -0.1) is 11.3 Å². The lowest BCUT2D eigenvalue weighted by Gasteiger charge is -2.14. The van der Waals surface area contributed by atoms with E-state index in [1.807, 2.05) is 25.2 Å². The molecule has 0 aliphatic carbocycles. The maximum absolute atomic E-state index is 12.1. The molecule has 1 aromatic heterocycles. The lowest BCUT2D eigenvalue weighted by Crippen LogP contribution is -3.06. The van der Waals surface area contributed by atoms with Gasteiger partial charge in [-0.25, -0.2) is 4.79 Å². The number of rotatable bonds is 6. The molecule has 0 saturated carbocycles. The van der Waals surface area contributed by atoms with Crippen molar-refractivity contribution in [3.05, 3.63) is 51.9 Å². The first-order chi connectivity index (χ1) is 11.1. The summed E-state index contributed by atoms with van der Waals surface area (Å²) in [6.45, 7) is 3.39. The quantitative estimate of drug-likeness (QED) is 0.788. The summed E-state index contributed by atoms with van der Waals surface area (Å²) in [5.74, 6) is -0.409. The van der Waals surface area contributed by atoms with Gasteiger partial charge in [0.1, 0.15) is 29.0 Å². The number of nitriles is 1. The van der Waals surface area contributed by atoms with E-state index in [1.54, 1.807) is 6.92 Å². The molecule has 23 heavy (non-hydrogen) atoms. The fourth-order valence-corrected chi connectivity index (χ4v) is 3.38. The third-order valence-electron chi connectivity index (χ3n) is 3.43. The lowest BCUT2D eigenvalue weighted by atomic mass is 10.1. The van der Waals surface area contributed by atoms with Gasteiger partial charge in [0, 0.05) is 5.56 Å². The Kier molecular flexibility index (Phi) is 5.74. The molecule has 0 saturated heterocycles. The number of ether oxygens (including phenoxy) is 1. The molecule has 2 rings (SSSR count). The smallest absolute Gasteiger partial charge is 0.348 e. The van der Waals surface area contributed by atoms with Gasteiger partial charge in [-0.3, -0.25) is 0 Å². The van der Waals surface area contributed by atoms with Gasteiger partial charge >= 0.3 is 5.97 Å². The third kappa shape index (κ3) is 4.09. The highest BCUT2D eigenvalue weighted by atomic mass is 32.1. The highest BCUT2D eigenvalue weighted by molar-refractivity contribution is 7.18. The SMILES string of the molecule is CCOC(=O)c1sc(N)c(C#N)c1C[NH+](C)Cc1ccccc1. The van der Waals surface area contributed by atoms with Crippen molar-refractivity contribution in [2.24, 2.45) is 0 Å². The number of carbonyl (C=O) groups excluding carboxylic acids is 1. The number of nitrogens with zero attached hydrogens (tertiary/aromatic N) is 1. The van der Waals surface area contributed by atoms with Crippen LogP contribution in [0.3, 0.4) is 0 Å². The van der Waals surface area contributed by atoms with Crippen molar-refractivity contribution in [3.8, 4) is 6.07 Å². The van der Waals surface area contributed by atoms with Crippen molar-refractivity contribution in [2.75, 3.05) is 19.4 Å². The van der Waals surface area contributed by atoms with Gasteiger partial charge in [0.2, 0.25) is 0 Å². The summed E-state index contributed by atoms with van der Waals surface area (Å²) < 4.78 is 5.08. The van der Waals surface area contributed by atoms with Gasteiger partial charge < -0.3 is 15.4 Å². The number of benzene rings is 1. The van der Waals surface area contributed by atoms with Crippen molar-refractivity contribution in [3.63, 3.8) is 0 Å². The summed E-state index contributed by atoms with van der Waals surface area (Å²) in [5.41, 5.74) is 8.17. The number of hydrogen-bond acceptors (Lipinski definition) is 5. The molecule has 0 spiro atoms. The average Bonchev–Trinajstić information content (AvgIpc) is 2.84. The van der Waals surface area contributed by atoms with Crippen LogP contribution >= 0.6 is 11.3 Å². The number of hydrogen-bond donors (Lipinski definition) is 2. The van der Waals surface area contributed by atoms with E-state index in [9.17, 15) is 10.1 Å². The van der Waals surface area contributed by atoms with Crippen LogP contribution in [0.5, 0.6) is 0 Å². The predicted molar refractivity (Wildman–Crippen MR) is 90.1 cm³/mol. The monoisotopic (exact) mass is 330 g/mol. The molecule has 3 N–H and O–H groups in total. The summed E-state index contributed by atoms with van der Waals surface area (Å²) in [6, 6.07) is 12.2.